The lowest BCUT2D eigenvalue weighted by molar-refractivity contribution is 0.827. The van der Waals surface area contributed by atoms with Crippen molar-refractivity contribution in [3.63, 3.8) is 0 Å². The summed E-state index contributed by atoms with van der Waals surface area (Å²) < 4.78 is 4.87. The van der Waals surface area contributed by atoms with E-state index in [1.165, 1.54) is 71.6 Å². The summed E-state index contributed by atoms with van der Waals surface area (Å²) in [5, 5.41) is 5.28. The molecule has 190 valence electrons. The van der Waals surface area contributed by atoms with Crippen LogP contribution in [0, 0.1) is 0 Å². The third-order valence-electron chi connectivity index (χ3n) is 8.32. The van der Waals surface area contributed by atoms with Crippen molar-refractivity contribution in [2.75, 3.05) is 0 Å². The summed E-state index contributed by atoms with van der Waals surface area (Å²) in [5.41, 5.74) is 11.1. The van der Waals surface area contributed by atoms with Crippen LogP contribution < -0.4 is 0 Å². The predicted molar refractivity (Wildman–Crippen MR) is 170 cm³/mol. The molecule has 0 unspecified atom stereocenters. The van der Waals surface area contributed by atoms with Gasteiger partial charge in [0.15, 0.2) is 0 Å². The van der Waals surface area contributed by atoms with Crippen LogP contribution in [0.1, 0.15) is 6.92 Å². The molecule has 8 rings (SSSR count). The first kappa shape index (κ1) is 22.9. The number of hydrogen-bond acceptors (Lipinski definition) is 0. The maximum atomic E-state index is 2.44. The molecule has 0 radical (unpaired) electrons. The maximum absolute atomic E-state index is 2.44. The molecule has 0 atom stereocenters. The first-order valence-electron chi connectivity index (χ1n) is 14.0. The molecular formula is C38H28N2. The Bertz CT molecular complexity index is 2180. The summed E-state index contributed by atoms with van der Waals surface area (Å²) in [5.74, 6) is 0. The second-order valence-electron chi connectivity index (χ2n) is 10.5. The zero-order chi connectivity index (χ0) is 26.6. The molecule has 0 spiro atoms. The number of fused-ring (bicyclic) bond motifs is 7. The van der Waals surface area contributed by atoms with Gasteiger partial charge in [-0.05, 0) is 65.6 Å². The van der Waals surface area contributed by atoms with E-state index >= 15 is 0 Å². The van der Waals surface area contributed by atoms with E-state index in [-0.39, 0.29) is 0 Å². The Kier molecular flexibility index (Phi) is 5.14. The van der Waals surface area contributed by atoms with Crippen molar-refractivity contribution < 1.29 is 0 Å². The zero-order valence-corrected chi connectivity index (χ0v) is 22.4. The lowest BCUT2D eigenvalue weighted by Crippen LogP contribution is -1.95. The lowest BCUT2D eigenvalue weighted by atomic mass is 10.00. The van der Waals surface area contributed by atoms with Gasteiger partial charge in [-0.1, -0.05) is 103 Å². The molecule has 0 saturated carbocycles. The van der Waals surface area contributed by atoms with E-state index in [1.54, 1.807) is 0 Å². The molecule has 0 saturated heterocycles. The summed E-state index contributed by atoms with van der Waals surface area (Å²) in [7, 11) is 0. The molecule has 0 N–H and O–H groups in total. The SMILES string of the molecule is CCn1c2ccccc2c2c3c4ccccc4n(-c4cccc(-c5ccc(-c6ccccc6)cc5)c4)c3ccc21. The Balaban J connectivity index is 1.35. The van der Waals surface area contributed by atoms with Gasteiger partial charge < -0.3 is 9.13 Å². The minimum absolute atomic E-state index is 0.944. The molecule has 0 aliphatic carbocycles. The Morgan fingerprint density at radius 2 is 0.975 bits per heavy atom. The summed E-state index contributed by atoms with van der Waals surface area (Å²) >= 11 is 0. The second kappa shape index (κ2) is 9.00. The van der Waals surface area contributed by atoms with Crippen molar-refractivity contribution in [1.82, 2.24) is 9.13 Å². The van der Waals surface area contributed by atoms with E-state index in [1.807, 2.05) is 0 Å². The summed E-state index contributed by atoms with van der Waals surface area (Å²) in [4.78, 5) is 0. The number of nitrogens with zero attached hydrogens (tertiary/aromatic N) is 2. The highest BCUT2D eigenvalue weighted by Gasteiger charge is 2.19. The standard InChI is InChI=1S/C38H28N2/c1-2-39-33-17-8-6-15-31(33)37-35(39)23-24-36-38(37)32-16-7-9-18-34(32)40(36)30-14-10-13-29(25-30)28-21-19-27(20-22-28)26-11-4-3-5-12-26/h3-25H,2H2,1H3. The van der Waals surface area contributed by atoms with Crippen molar-refractivity contribution >= 4 is 43.6 Å². The fraction of sp³-hybridized carbons (Fsp3) is 0.0526. The van der Waals surface area contributed by atoms with Crippen LogP contribution in [-0.4, -0.2) is 9.13 Å². The molecule has 2 aromatic heterocycles. The minimum atomic E-state index is 0.944. The van der Waals surface area contributed by atoms with Crippen molar-refractivity contribution in [3.05, 3.63) is 140 Å². The Morgan fingerprint density at radius 3 is 1.73 bits per heavy atom. The average molecular weight is 513 g/mol. The van der Waals surface area contributed by atoms with Crippen LogP contribution in [0.15, 0.2) is 140 Å². The molecule has 0 fully saturated rings. The predicted octanol–water partition coefficient (Wildman–Crippen LogP) is 10.2. The monoisotopic (exact) mass is 512 g/mol. The van der Waals surface area contributed by atoms with Gasteiger partial charge in [-0.25, -0.2) is 0 Å². The van der Waals surface area contributed by atoms with E-state index in [2.05, 4.69) is 156 Å². The van der Waals surface area contributed by atoms with Gasteiger partial charge in [0.05, 0.1) is 11.0 Å². The van der Waals surface area contributed by atoms with Crippen LogP contribution in [0.5, 0.6) is 0 Å². The highest BCUT2D eigenvalue weighted by Crippen LogP contribution is 2.41. The fourth-order valence-electron chi connectivity index (χ4n) is 6.53. The molecule has 2 nitrogen and oxygen atoms in total. The van der Waals surface area contributed by atoms with Gasteiger partial charge >= 0.3 is 0 Å². The number of aryl methyl sites for hydroxylation is 1. The van der Waals surface area contributed by atoms with E-state index in [9.17, 15) is 0 Å². The Morgan fingerprint density at radius 1 is 0.425 bits per heavy atom. The summed E-state index contributed by atoms with van der Waals surface area (Å²) in [6.07, 6.45) is 0. The van der Waals surface area contributed by atoms with Gasteiger partial charge in [-0.15, -0.1) is 0 Å². The first-order valence-corrected chi connectivity index (χ1v) is 14.0. The largest absolute Gasteiger partial charge is 0.341 e. The van der Waals surface area contributed by atoms with Crippen molar-refractivity contribution in [1.29, 1.82) is 0 Å². The topological polar surface area (TPSA) is 9.86 Å². The molecule has 40 heavy (non-hydrogen) atoms. The first-order chi connectivity index (χ1) is 19.8. The molecular weight excluding hydrogens is 484 g/mol. The molecule has 2 heterocycles. The van der Waals surface area contributed by atoms with E-state index in [4.69, 9.17) is 0 Å². The number of benzene rings is 6. The van der Waals surface area contributed by atoms with E-state index in [0.717, 1.165) is 6.54 Å². The van der Waals surface area contributed by atoms with Crippen molar-refractivity contribution in [3.8, 4) is 27.9 Å². The van der Waals surface area contributed by atoms with E-state index in [0.29, 0.717) is 0 Å². The summed E-state index contributed by atoms with van der Waals surface area (Å²) in [6, 6.07) is 50.7. The van der Waals surface area contributed by atoms with Crippen LogP contribution in [0.2, 0.25) is 0 Å². The molecule has 0 aliphatic heterocycles. The second-order valence-corrected chi connectivity index (χ2v) is 10.5. The van der Waals surface area contributed by atoms with Crippen LogP contribution in [-0.2, 0) is 6.54 Å². The third kappa shape index (κ3) is 3.36. The lowest BCUT2D eigenvalue weighted by Gasteiger charge is -2.11. The molecule has 0 amide bonds. The Labute approximate surface area is 233 Å². The van der Waals surface area contributed by atoms with Crippen molar-refractivity contribution in [2.24, 2.45) is 0 Å². The van der Waals surface area contributed by atoms with Crippen LogP contribution in [0.3, 0.4) is 0 Å². The van der Waals surface area contributed by atoms with Crippen LogP contribution >= 0.6 is 0 Å². The quantitative estimate of drug-likeness (QED) is 0.222. The van der Waals surface area contributed by atoms with E-state index < -0.39 is 0 Å². The van der Waals surface area contributed by atoms with Gasteiger partial charge in [-0.3, -0.25) is 0 Å². The smallest absolute Gasteiger partial charge is 0.0548 e. The highest BCUT2D eigenvalue weighted by molar-refractivity contribution is 6.28. The molecule has 0 bridgehead atoms. The Hall–Kier alpha value is -5.08. The maximum Gasteiger partial charge on any atom is 0.0548 e. The minimum Gasteiger partial charge on any atom is -0.341 e. The number of aromatic nitrogens is 2. The highest BCUT2D eigenvalue weighted by atomic mass is 15.0. The fourth-order valence-corrected chi connectivity index (χ4v) is 6.53. The van der Waals surface area contributed by atoms with Gasteiger partial charge in [0.25, 0.3) is 0 Å². The normalized spacial score (nSPS) is 11.7. The number of hydrogen-bond donors (Lipinski definition) is 0. The van der Waals surface area contributed by atoms with Gasteiger partial charge in [0.2, 0.25) is 0 Å². The zero-order valence-electron chi connectivity index (χ0n) is 22.4. The summed E-state index contributed by atoms with van der Waals surface area (Å²) in [6.45, 7) is 3.18. The van der Waals surface area contributed by atoms with Crippen LogP contribution in [0.25, 0.3) is 71.6 Å². The van der Waals surface area contributed by atoms with Gasteiger partial charge in [-0.2, -0.15) is 0 Å². The van der Waals surface area contributed by atoms with Crippen LogP contribution in [0.4, 0.5) is 0 Å². The molecule has 0 aliphatic rings. The number of rotatable bonds is 4. The third-order valence-corrected chi connectivity index (χ3v) is 8.32. The number of para-hydroxylation sites is 2. The average Bonchev–Trinajstić information content (AvgIpc) is 3.54. The molecule has 2 heteroatoms. The van der Waals surface area contributed by atoms with Crippen molar-refractivity contribution in [2.45, 2.75) is 13.5 Å². The molecule has 6 aromatic carbocycles. The van der Waals surface area contributed by atoms with Gasteiger partial charge in [0.1, 0.15) is 0 Å². The van der Waals surface area contributed by atoms with Gasteiger partial charge in [0, 0.05) is 44.8 Å². The molecule has 8 aromatic rings.